The smallest absolute Gasteiger partial charge is 0.338 e. The van der Waals surface area contributed by atoms with Gasteiger partial charge in [-0.3, -0.25) is 5.10 Å². The predicted octanol–water partition coefficient (Wildman–Crippen LogP) is 4.07. The van der Waals surface area contributed by atoms with Gasteiger partial charge < -0.3 is 19.3 Å². The Morgan fingerprint density at radius 3 is 2.48 bits per heavy atom. The second-order valence-corrected chi connectivity index (χ2v) is 5.76. The van der Waals surface area contributed by atoms with Crippen molar-refractivity contribution in [3.05, 3.63) is 53.7 Å². The summed E-state index contributed by atoms with van der Waals surface area (Å²) in [6.45, 7) is 3.90. The molecule has 1 aromatic heterocycles. The Bertz CT molecular complexity index is 948. The van der Waals surface area contributed by atoms with Gasteiger partial charge in [0.1, 0.15) is 22.9 Å². The molecule has 0 aliphatic carbocycles. The molecule has 3 aromatic rings. The molecule has 2 N–H and O–H groups in total. The minimum atomic E-state index is -0.382. The highest BCUT2D eigenvalue weighted by Crippen LogP contribution is 2.39. The first-order valence-corrected chi connectivity index (χ1v) is 8.40. The molecule has 140 valence electrons. The lowest BCUT2D eigenvalue weighted by atomic mass is 10.1. The van der Waals surface area contributed by atoms with Crippen LogP contribution in [0.2, 0.25) is 0 Å². The Kier molecular flexibility index (Phi) is 5.30. The molecule has 0 atom stereocenters. The third kappa shape index (κ3) is 3.87. The van der Waals surface area contributed by atoms with Crippen LogP contribution in [0.25, 0.3) is 11.3 Å². The average Bonchev–Trinajstić information content (AvgIpc) is 3.02. The van der Waals surface area contributed by atoms with Crippen LogP contribution in [0, 0.1) is 6.92 Å². The van der Waals surface area contributed by atoms with Crippen molar-refractivity contribution in [2.24, 2.45) is 0 Å². The fourth-order valence-electron chi connectivity index (χ4n) is 2.56. The predicted molar refractivity (Wildman–Crippen MR) is 99.5 cm³/mol. The number of benzene rings is 2. The zero-order chi connectivity index (χ0) is 19.4. The van der Waals surface area contributed by atoms with Gasteiger partial charge in [-0.2, -0.15) is 5.10 Å². The maximum Gasteiger partial charge on any atom is 0.338 e. The lowest BCUT2D eigenvalue weighted by molar-refractivity contribution is 0.0526. The van der Waals surface area contributed by atoms with Crippen molar-refractivity contribution in [2.75, 3.05) is 13.7 Å². The molecule has 0 saturated heterocycles. The first-order chi connectivity index (χ1) is 13.0. The summed E-state index contributed by atoms with van der Waals surface area (Å²) in [6, 6.07) is 11.6. The number of hydrogen-bond acceptors (Lipinski definition) is 6. The highest BCUT2D eigenvalue weighted by Gasteiger charge is 2.18. The molecule has 2 aromatic carbocycles. The van der Waals surface area contributed by atoms with Gasteiger partial charge in [-0.25, -0.2) is 4.79 Å². The Morgan fingerprint density at radius 1 is 1.15 bits per heavy atom. The van der Waals surface area contributed by atoms with E-state index >= 15 is 0 Å². The molecular weight excluding hydrogens is 348 g/mol. The van der Waals surface area contributed by atoms with Crippen LogP contribution in [-0.4, -0.2) is 35.0 Å². The van der Waals surface area contributed by atoms with Gasteiger partial charge in [-0.15, -0.1) is 0 Å². The molecule has 0 amide bonds. The van der Waals surface area contributed by atoms with Crippen molar-refractivity contribution in [1.82, 2.24) is 10.2 Å². The average molecular weight is 368 g/mol. The summed E-state index contributed by atoms with van der Waals surface area (Å²) in [4.78, 5) is 11.7. The molecule has 0 aliphatic rings. The number of nitrogens with one attached hydrogen (secondary N) is 1. The van der Waals surface area contributed by atoms with Crippen LogP contribution >= 0.6 is 0 Å². The maximum atomic E-state index is 11.7. The van der Waals surface area contributed by atoms with Gasteiger partial charge in [0.2, 0.25) is 0 Å². The number of carbonyl (C=O) groups is 1. The first-order valence-electron chi connectivity index (χ1n) is 8.40. The van der Waals surface area contributed by atoms with Crippen LogP contribution in [0.3, 0.4) is 0 Å². The zero-order valence-corrected chi connectivity index (χ0v) is 15.3. The molecule has 1 heterocycles. The number of H-pyrrole nitrogens is 1. The van der Waals surface area contributed by atoms with E-state index in [0.717, 1.165) is 0 Å². The molecule has 0 bridgehead atoms. The molecule has 7 nitrogen and oxygen atoms in total. The number of rotatable bonds is 6. The zero-order valence-electron chi connectivity index (χ0n) is 15.3. The van der Waals surface area contributed by atoms with E-state index in [4.69, 9.17) is 14.2 Å². The van der Waals surface area contributed by atoms with E-state index < -0.39 is 0 Å². The topological polar surface area (TPSA) is 93.7 Å². The Morgan fingerprint density at radius 2 is 1.85 bits per heavy atom. The molecule has 0 aliphatic heterocycles. The fourth-order valence-corrected chi connectivity index (χ4v) is 2.56. The van der Waals surface area contributed by atoms with Gasteiger partial charge in [0.15, 0.2) is 5.75 Å². The summed E-state index contributed by atoms with van der Waals surface area (Å²) in [6.07, 6.45) is 0. The van der Waals surface area contributed by atoms with Gasteiger partial charge in [0.25, 0.3) is 0 Å². The number of phenols is 1. The summed E-state index contributed by atoms with van der Waals surface area (Å²) >= 11 is 0. The minimum absolute atomic E-state index is 0.0309. The molecular formula is C20H20N2O5. The van der Waals surface area contributed by atoms with E-state index in [2.05, 4.69) is 10.2 Å². The van der Waals surface area contributed by atoms with Crippen molar-refractivity contribution in [1.29, 1.82) is 0 Å². The Hall–Kier alpha value is -3.48. The van der Waals surface area contributed by atoms with E-state index in [1.807, 2.05) is 6.92 Å². The van der Waals surface area contributed by atoms with Gasteiger partial charge >= 0.3 is 5.97 Å². The second kappa shape index (κ2) is 7.82. The molecule has 0 unspecified atom stereocenters. The molecule has 0 fully saturated rings. The summed E-state index contributed by atoms with van der Waals surface area (Å²) in [5, 5.41) is 17.4. The fraction of sp³-hybridized carbons (Fsp3) is 0.200. The molecule has 7 heteroatoms. The highest BCUT2D eigenvalue weighted by atomic mass is 16.5. The Balaban J connectivity index is 1.88. The van der Waals surface area contributed by atoms with Crippen LogP contribution in [0.15, 0.2) is 42.5 Å². The quantitative estimate of drug-likeness (QED) is 0.637. The summed E-state index contributed by atoms with van der Waals surface area (Å²) < 4.78 is 16.0. The number of nitrogens with zero attached hydrogens (tertiary/aromatic N) is 1. The van der Waals surface area contributed by atoms with Crippen molar-refractivity contribution in [2.45, 2.75) is 13.8 Å². The normalized spacial score (nSPS) is 10.5. The lowest BCUT2D eigenvalue weighted by Gasteiger charge is -2.10. The molecule has 27 heavy (non-hydrogen) atoms. The maximum absolute atomic E-state index is 11.7. The molecule has 0 radical (unpaired) electrons. The number of aromatic nitrogens is 2. The number of aromatic amines is 1. The van der Waals surface area contributed by atoms with E-state index in [1.54, 1.807) is 43.3 Å². The van der Waals surface area contributed by atoms with E-state index in [0.29, 0.717) is 46.4 Å². The number of carbonyl (C=O) groups excluding carboxylic acids is 1. The molecule has 3 rings (SSSR count). The SMILES string of the molecule is CCOC(=O)c1ccc(Oc2c(-c3ccc(OC)cc3O)n[nH]c2C)cc1. The van der Waals surface area contributed by atoms with E-state index in [-0.39, 0.29) is 11.7 Å². The van der Waals surface area contributed by atoms with Crippen LogP contribution in [0.1, 0.15) is 23.0 Å². The number of phenolic OH excluding ortho intramolecular Hbond substituents is 1. The van der Waals surface area contributed by atoms with Crippen LogP contribution in [-0.2, 0) is 4.74 Å². The van der Waals surface area contributed by atoms with Crippen LogP contribution in [0.5, 0.6) is 23.0 Å². The minimum Gasteiger partial charge on any atom is -0.507 e. The third-order valence-corrected chi connectivity index (χ3v) is 3.94. The van der Waals surface area contributed by atoms with Crippen LogP contribution in [0.4, 0.5) is 0 Å². The highest BCUT2D eigenvalue weighted by molar-refractivity contribution is 5.89. The van der Waals surface area contributed by atoms with Gasteiger partial charge in [0.05, 0.1) is 25.0 Å². The van der Waals surface area contributed by atoms with E-state index in [1.165, 1.54) is 13.2 Å². The standard InChI is InChI=1S/C20H20N2O5/c1-4-26-20(24)13-5-7-14(8-6-13)27-19-12(2)21-22-18(19)16-10-9-15(25-3)11-17(16)23/h5-11,23H,4H2,1-3H3,(H,21,22). The summed E-state index contributed by atoms with van der Waals surface area (Å²) in [5.74, 6) is 1.21. The second-order valence-electron chi connectivity index (χ2n) is 5.76. The third-order valence-electron chi connectivity index (χ3n) is 3.94. The van der Waals surface area contributed by atoms with E-state index in [9.17, 15) is 9.90 Å². The lowest BCUT2D eigenvalue weighted by Crippen LogP contribution is -2.04. The van der Waals surface area contributed by atoms with Crippen molar-refractivity contribution in [3.63, 3.8) is 0 Å². The number of hydrogen-bond donors (Lipinski definition) is 2. The number of ether oxygens (including phenoxy) is 3. The summed E-state index contributed by atoms with van der Waals surface area (Å²) in [7, 11) is 1.53. The monoisotopic (exact) mass is 368 g/mol. The summed E-state index contributed by atoms with van der Waals surface area (Å²) in [5.41, 5.74) is 2.14. The number of esters is 1. The number of aryl methyl sites for hydroxylation is 1. The Labute approximate surface area is 156 Å². The van der Waals surface area contributed by atoms with Gasteiger partial charge in [0, 0.05) is 11.6 Å². The number of methoxy groups -OCH3 is 1. The molecule has 0 saturated carbocycles. The van der Waals surface area contributed by atoms with Crippen molar-refractivity contribution < 1.29 is 24.1 Å². The van der Waals surface area contributed by atoms with Gasteiger partial charge in [-0.1, -0.05) is 0 Å². The van der Waals surface area contributed by atoms with Crippen molar-refractivity contribution in [3.8, 4) is 34.3 Å². The van der Waals surface area contributed by atoms with Gasteiger partial charge in [-0.05, 0) is 50.2 Å². The number of aromatic hydroxyl groups is 1. The van der Waals surface area contributed by atoms with Crippen molar-refractivity contribution >= 4 is 5.97 Å². The largest absolute Gasteiger partial charge is 0.507 e. The molecule has 0 spiro atoms. The van der Waals surface area contributed by atoms with Crippen LogP contribution < -0.4 is 9.47 Å². The first kappa shape index (κ1) is 18.3.